The van der Waals surface area contributed by atoms with Crippen molar-refractivity contribution in [2.45, 2.75) is 25.7 Å². The second-order valence-electron chi connectivity index (χ2n) is 4.91. The molecule has 2 nitrogen and oxygen atoms in total. The summed E-state index contributed by atoms with van der Waals surface area (Å²) in [7, 11) is 1.74. The Labute approximate surface area is 103 Å². The van der Waals surface area contributed by atoms with E-state index in [0.717, 1.165) is 51.1 Å². The summed E-state index contributed by atoms with van der Waals surface area (Å²) < 4.78 is 18.8. The van der Waals surface area contributed by atoms with Crippen molar-refractivity contribution in [1.29, 1.82) is 0 Å². The monoisotopic (exact) mass is 239 g/mol. The minimum atomic E-state index is 0.128. The minimum Gasteiger partial charge on any atom is -0.383 e. The van der Waals surface area contributed by atoms with Gasteiger partial charge in [0, 0.05) is 20.1 Å². The van der Waals surface area contributed by atoms with E-state index in [1.54, 1.807) is 7.11 Å². The number of rotatable bonds is 4. The Morgan fingerprint density at radius 3 is 2.82 bits per heavy atom. The van der Waals surface area contributed by atoms with Crippen LogP contribution in [0, 0.1) is 5.92 Å². The first-order chi connectivity index (χ1) is 8.31. The molecule has 2 rings (SSSR count). The molecule has 0 aromatic carbocycles. The molecular weight excluding hydrogens is 217 g/mol. The fourth-order valence-electron chi connectivity index (χ4n) is 2.70. The average molecular weight is 239 g/mol. The van der Waals surface area contributed by atoms with Crippen molar-refractivity contribution in [2.24, 2.45) is 5.92 Å². The number of piperidine rings is 1. The molecule has 0 atom stereocenters. The fourth-order valence-corrected chi connectivity index (χ4v) is 2.70. The molecule has 1 heterocycles. The molecule has 0 bridgehead atoms. The number of allylic oxidation sites excluding steroid dienone is 4. The molecule has 1 saturated heterocycles. The molecule has 1 aliphatic carbocycles. The fraction of sp³-hybridized carbons (Fsp3) is 0.714. The van der Waals surface area contributed by atoms with Crippen LogP contribution in [0.2, 0.25) is 0 Å². The lowest BCUT2D eigenvalue weighted by Crippen LogP contribution is -2.36. The molecule has 96 valence electrons. The van der Waals surface area contributed by atoms with Crippen LogP contribution in [0.1, 0.15) is 25.7 Å². The van der Waals surface area contributed by atoms with Gasteiger partial charge in [-0.1, -0.05) is 12.2 Å². The van der Waals surface area contributed by atoms with Crippen molar-refractivity contribution in [3.63, 3.8) is 0 Å². The van der Waals surface area contributed by atoms with Crippen LogP contribution in [0.3, 0.4) is 0 Å². The summed E-state index contributed by atoms with van der Waals surface area (Å²) in [5.41, 5.74) is 0.975. The normalized spacial score (nSPS) is 23.4. The van der Waals surface area contributed by atoms with Crippen LogP contribution in [0.25, 0.3) is 0 Å². The molecule has 0 radical (unpaired) electrons. The third-order valence-electron chi connectivity index (χ3n) is 3.78. The van der Waals surface area contributed by atoms with Gasteiger partial charge in [-0.05, 0) is 43.8 Å². The summed E-state index contributed by atoms with van der Waals surface area (Å²) in [6.07, 6.45) is 7.75. The van der Waals surface area contributed by atoms with Crippen molar-refractivity contribution < 1.29 is 9.13 Å². The highest BCUT2D eigenvalue weighted by Gasteiger charge is 2.24. The molecule has 0 amide bonds. The highest BCUT2D eigenvalue weighted by Crippen LogP contribution is 2.32. The summed E-state index contributed by atoms with van der Waals surface area (Å²) in [6.45, 7) is 3.93. The number of likely N-dealkylation sites (tertiary alicyclic amines) is 1. The van der Waals surface area contributed by atoms with E-state index < -0.39 is 0 Å². The first kappa shape index (κ1) is 12.8. The van der Waals surface area contributed by atoms with Gasteiger partial charge in [-0.25, -0.2) is 4.39 Å². The Morgan fingerprint density at radius 1 is 1.41 bits per heavy atom. The minimum absolute atomic E-state index is 0.128. The van der Waals surface area contributed by atoms with E-state index >= 15 is 0 Å². The first-order valence-electron chi connectivity index (χ1n) is 6.57. The second-order valence-corrected chi connectivity index (χ2v) is 4.91. The van der Waals surface area contributed by atoms with Crippen LogP contribution in [-0.2, 0) is 4.74 Å². The molecule has 0 saturated carbocycles. The molecule has 0 unspecified atom stereocenters. The lowest BCUT2D eigenvalue weighted by atomic mass is 9.86. The number of halogens is 1. The molecule has 3 heteroatoms. The molecule has 17 heavy (non-hydrogen) atoms. The molecule has 1 fully saturated rings. The Bertz CT molecular complexity index is 303. The lowest BCUT2D eigenvalue weighted by Gasteiger charge is -2.33. The van der Waals surface area contributed by atoms with Crippen LogP contribution in [0.4, 0.5) is 4.39 Å². The van der Waals surface area contributed by atoms with Crippen LogP contribution >= 0.6 is 0 Å². The quantitative estimate of drug-likeness (QED) is 0.748. The van der Waals surface area contributed by atoms with Gasteiger partial charge in [0.25, 0.3) is 0 Å². The summed E-state index contributed by atoms with van der Waals surface area (Å²) >= 11 is 0. The second kappa shape index (κ2) is 6.31. The van der Waals surface area contributed by atoms with Crippen LogP contribution in [0.15, 0.2) is 23.6 Å². The molecule has 0 aromatic heterocycles. The maximum atomic E-state index is 13.7. The molecule has 0 aromatic rings. The van der Waals surface area contributed by atoms with E-state index in [1.807, 2.05) is 6.08 Å². The highest BCUT2D eigenvalue weighted by atomic mass is 19.1. The van der Waals surface area contributed by atoms with Gasteiger partial charge in [0.05, 0.1) is 6.61 Å². The zero-order chi connectivity index (χ0) is 12.1. The van der Waals surface area contributed by atoms with E-state index in [9.17, 15) is 4.39 Å². The van der Waals surface area contributed by atoms with Gasteiger partial charge in [-0.2, -0.15) is 0 Å². The zero-order valence-corrected chi connectivity index (χ0v) is 10.6. The third-order valence-corrected chi connectivity index (χ3v) is 3.78. The van der Waals surface area contributed by atoms with E-state index in [1.165, 1.54) is 0 Å². The Kier molecular flexibility index (Phi) is 4.75. The number of ether oxygens (including phenoxy) is 1. The van der Waals surface area contributed by atoms with Gasteiger partial charge >= 0.3 is 0 Å². The summed E-state index contributed by atoms with van der Waals surface area (Å²) in [4.78, 5) is 2.41. The predicted octanol–water partition coefficient (Wildman–Crippen LogP) is 2.92. The van der Waals surface area contributed by atoms with Crippen LogP contribution in [-0.4, -0.2) is 38.3 Å². The lowest BCUT2D eigenvalue weighted by molar-refractivity contribution is 0.125. The van der Waals surface area contributed by atoms with Crippen molar-refractivity contribution in [3.05, 3.63) is 23.6 Å². The largest absolute Gasteiger partial charge is 0.383 e. The SMILES string of the molecule is COCCN1CCC(C2=C(F)CCC=C2)CC1. The number of methoxy groups -OCH3 is 1. The van der Waals surface area contributed by atoms with Crippen LogP contribution in [0.5, 0.6) is 0 Å². The number of hydrogen-bond acceptors (Lipinski definition) is 2. The topological polar surface area (TPSA) is 12.5 Å². The van der Waals surface area contributed by atoms with Gasteiger partial charge in [0.2, 0.25) is 0 Å². The van der Waals surface area contributed by atoms with Crippen LogP contribution < -0.4 is 0 Å². The van der Waals surface area contributed by atoms with Gasteiger partial charge < -0.3 is 9.64 Å². The van der Waals surface area contributed by atoms with Gasteiger partial charge in [0.15, 0.2) is 0 Å². The predicted molar refractivity (Wildman–Crippen MR) is 67.5 cm³/mol. The van der Waals surface area contributed by atoms with Crippen molar-refractivity contribution in [3.8, 4) is 0 Å². The van der Waals surface area contributed by atoms with E-state index in [4.69, 9.17) is 4.74 Å². The van der Waals surface area contributed by atoms with Gasteiger partial charge in [-0.15, -0.1) is 0 Å². The average Bonchev–Trinajstić information content (AvgIpc) is 2.38. The maximum Gasteiger partial charge on any atom is 0.104 e. The van der Waals surface area contributed by atoms with Gasteiger partial charge in [0.1, 0.15) is 5.83 Å². The summed E-state index contributed by atoms with van der Waals surface area (Å²) in [5, 5.41) is 0. The maximum absolute atomic E-state index is 13.7. The molecule has 1 aliphatic heterocycles. The Balaban J connectivity index is 1.84. The molecular formula is C14H22FNO. The van der Waals surface area contributed by atoms with E-state index in [0.29, 0.717) is 12.3 Å². The smallest absolute Gasteiger partial charge is 0.104 e. The van der Waals surface area contributed by atoms with Crippen molar-refractivity contribution in [1.82, 2.24) is 4.90 Å². The summed E-state index contributed by atoms with van der Waals surface area (Å²) in [6, 6.07) is 0. The van der Waals surface area contributed by atoms with E-state index in [-0.39, 0.29) is 5.83 Å². The highest BCUT2D eigenvalue weighted by molar-refractivity contribution is 5.28. The Morgan fingerprint density at radius 2 is 2.18 bits per heavy atom. The standard InChI is InChI=1S/C14H22FNO/c1-17-11-10-16-8-6-12(7-9-16)13-4-2-3-5-14(13)15/h2,4,12H,3,5-11H2,1H3. The first-order valence-corrected chi connectivity index (χ1v) is 6.57. The molecule has 0 N–H and O–H groups in total. The number of nitrogens with zero attached hydrogens (tertiary/aromatic N) is 1. The molecule has 0 spiro atoms. The van der Waals surface area contributed by atoms with E-state index in [2.05, 4.69) is 11.0 Å². The number of hydrogen-bond donors (Lipinski definition) is 0. The third kappa shape index (κ3) is 3.39. The zero-order valence-electron chi connectivity index (χ0n) is 10.6. The van der Waals surface area contributed by atoms with Crippen molar-refractivity contribution >= 4 is 0 Å². The Hall–Kier alpha value is -0.670. The molecule has 2 aliphatic rings. The van der Waals surface area contributed by atoms with Crippen molar-refractivity contribution in [2.75, 3.05) is 33.4 Å². The summed E-state index contributed by atoms with van der Waals surface area (Å²) in [5.74, 6) is 0.563. The van der Waals surface area contributed by atoms with Gasteiger partial charge in [-0.3, -0.25) is 0 Å².